The highest BCUT2D eigenvalue weighted by Crippen LogP contribution is 2.41. The number of ketones is 1. The number of phenols is 1. The third-order valence-electron chi connectivity index (χ3n) is 5.74. The quantitative estimate of drug-likeness (QED) is 0.386. The van der Waals surface area contributed by atoms with Crippen LogP contribution in [0.15, 0.2) is 42.0 Å². The van der Waals surface area contributed by atoms with Crippen molar-refractivity contribution in [2.45, 2.75) is 32.7 Å². The first kappa shape index (κ1) is 23.3. The van der Waals surface area contributed by atoms with Gasteiger partial charge in [0.15, 0.2) is 0 Å². The van der Waals surface area contributed by atoms with E-state index < -0.39 is 17.7 Å². The van der Waals surface area contributed by atoms with E-state index in [2.05, 4.69) is 0 Å². The van der Waals surface area contributed by atoms with Crippen LogP contribution in [0.2, 0.25) is 0 Å². The molecule has 170 valence electrons. The Morgan fingerprint density at radius 2 is 1.78 bits per heavy atom. The van der Waals surface area contributed by atoms with Crippen LogP contribution in [0.4, 0.5) is 0 Å². The van der Waals surface area contributed by atoms with E-state index in [0.29, 0.717) is 16.9 Å². The van der Waals surface area contributed by atoms with Gasteiger partial charge in [-0.15, -0.1) is 0 Å². The summed E-state index contributed by atoms with van der Waals surface area (Å²) in [5, 5.41) is 21.0. The SMILES string of the molecule is COCCN1C(=O)C(=O)/C(=C(/O)c2cc(C(C)C)c(OC)cc2C)C1c1ccc(O)cc1. The molecule has 1 unspecified atom stereocenters. The molecule has 1 saturated heterocycles. The minimum Gasteiger partial charge on any atom is -0.508 e. The second kappa shape index (κ2) is 9.44. The van der Waals surface area contributed by atoms with Crippen molar-refractivity contribution in [2.75, 3.05) is 27.4 Å². The van der Waals surface area contributed by atoms with Gasteiger partial charge in [-0.1, -0.05) is 26.0 Å². The second-order valence-corrected chi connectivity index (χ2v) is 8.14. The highest BCUT2D eigenvalue weighted by molar-refractivity contribution is 6.46. The highest BCUT2D eigenvalue weighted by atomic mass is 16.5. The molecule has 0 bridgehead atoms. The monoisotopic (exact) mass is 439 g/mol. The van der Waals surface area contributed by atoms with Crippen LogP contribution < -0.4 is 4.74 Å². The lowest BCUT2D eigenvalue weighted by Gasteiger charge is -2.25. The fourth-order valence-electron chi connectivity index (χ4n) is 4.03. The van der Waals surface area contributed by atoms with Crippen molar-refractivity contribution >= 4 is 17.4 Å². The number of rotatable bonds is 7. The molecule has 2 aromatic rings. The van der Waals surface area contributed by atoms with E-state index >= 15 is 0 Å². The van der Waals surface area contributed by atoms with Crippen molar-refractivity contribution in [3.63, 3.8) is 0 Å². The molecule has 1 heterocycles. The summed E-state index contributed by atoms with van der Waals surface area (Å²) >= 11 is 0. The fourth-order valence-corrected chi connectivity index (χ4v) is 4.03. The predicted octanol–water partition coefficient (Wildman–Crippen LogP) is 3.90. The molecule has 3 rings (SSSR count). The molecule has 1 aliphatic heterocycles. The number of nitrogens with zero attached hydrogens (tertiary/aromatic N) is 1. The van der Waals surface area contributed by atoms with E-state index in [1.165, 1.54) is 24.1 Å². The average Bonchev–Trinajstić information content (AvgIpc) is 3.02. The number of aryl methyl sites for hydroxylation is 1. The Labute approximate surface area is 187 Å². The fraction of sp³-hybridized carbons (Fsp3) is 0.360. The van der Waals surface area contributed by atoms with E-state index in [4.69, 9.17) is 9.47 Å². The first-order valence-corrected chi connectivity index (χ1v) is 10.5. The number of methoxy groups -OCH3 is 2. The first-order valence-electron chi connectivity index (χ1n) is 10.5. The predicted molar refractivity (Wildman–Crippen MR) is 121 cm³/mol. The molecule has 32 heavy (non-hydrogen) atoms. The van der Waals surface area contributed by atoms with E-state index in [-0.39, 0.29) is 36.2 Å². The summed E-state index contributed by atoms with van der Waals surface area (Å²) in [6.45, 7) is 6.26. The zero-order valence-electron chi connectivity index (χ0n) is 19.0. The molecule has 0 radical (unpaired) electrons. The number of benzene rings is 2. The summed E-state index contributed by atoms with van der Waals surface area (Å²) in [5.74, 6) is -0.799. The van der Waals surface area contributed by atoms with Gasteiger partial charge >= 0.3 is 0 Å². The number of aliphatic hydroxyl groups is 1. The molecule has 0 aromatic heterocycles. The summed E-state index contributed by atoms with van der Waals surface area (Å²) < 4.78 is 10.6. The largest absolute Gasteiger partial charge is 0.508 e. The third kappa shape index (κ3) is 4.21. The van der Waals surface area contributed by atoms with Gasteiger partial charge in [-0.2, -0.15) is 0 Å². The number of carbonyl (C=O) groups excluding carboxylic acids is 2. The zero-order chi connectivity index (χ0) is 23.6. The van der Waals surface area contributed by atoms with Gasteiger partial charge in [0.25, 0.3) is 11.7 Å². The normalized spacial score (nSPS) is 17.9. The van der Waals surface area contributed by atoms with E-state index in [1.807, 2.05) is 32.9 Å². The number of phenolic OH excluding ortho intramolecular Hbond substituents is 1. The van der Waals surface area contributed by atoms with E-state index in [0.717, 1.165) is 11.1 Å². The van der Waals surface area contributed by atoms with Crippen LogP contribution in [-0.2, 0) is 14.3 Å². The molecule has 7 nitrogen and oxygen atoms in total. The molecule has 0 spiro atoms. The maximum atomic E-state index is 13.1. The lowest BCUT2D eigenvalue weighted by atomic mass is 9.91. The molecule has 1 amide bonds. The molecule has 7 heteroatoms. The Morgan fingerprint density at radius 1 is 1.12 bits per heavy atom. The van der Waals surface area contributed by atoms with Gasteiger partial charge in [-0.25, -0.2) is 0 Å². The summed E-state index contributed by atoms with van der Waals surface area (Å²) in [6, 6.07) is 9.09. The van der Waals surface area contributed by atoms with Crippen LogP contribution in [0.1, 0.15) is 48.1 Å². The molecule has 1 aliphatic rings. The van der Waals surface area contributed by atoms with Gasteiger partial charge < -0.3 is 24.6 Å². The summed E-state index contributed by atoms with van der Waals surface area (Å²) in [7, 11) is 3.10. The van der Waals surface area contributed by atoms with Crippen molar-refractivity contribution in [1.29, 1.82) is 0 Å². The molecule has 2 N–H and O–H groups in total. The minimum atomic E-state index is -0.797. The van der Waals surface area contributed by atoms with E-state index in [1.54, 1.807) is 19.2 Å². The second-order valence-electron chi connectivity index (χ2n) is 8.14. The third-order valence-corrected chi connectivity index (χ3v) is 5.74. The standard InChI is InChI=1S/C25H29NO6/c1-14(2)18-13-19(15(3)12-20(18)32-5)23(28)21-22(16-6-8-17(27)9-7-16)26(10-11-31-4)25(30)24(21)29/h6-9,12-14,22,27-28H,10-11H2,1-5H3/b23-21+. The average molecular weight is 440 g/mol. The number of hydrogen-bond donors (Lipinski definition) is 2. The molecule has 1 fully saturated rings. The van der Waals surface area contributed by atoms with Crippen LogP contribution in [-0.4, -0.2) is 54.2 Å². The van der Waals surface area contributed by atoms with Crippen molar-refractivity contribution in [2.24, 2.45) is 0 Å². The van der Waals surface area contributed by atoms with Crippen molar-refractivity contribution in [3.8, 4) is 11.5 Å². The van der Waals surface area contributed by atoms with Crippen molar-refractivity contribution in [3.05, 3.63) is 64.2 Å². The maximum Gasteiger partial charge on any atom is 0.295 e. The summed E-state index contributed by atoms with van der Waals surface area (Å²) in [4.78, 5) is 27.3. The van der Waals surface area contributed by atoms with Crippen LogP contribution in [0.5, 0.6) is 11.5 Å². The minimum absolute atomic E-state index is 0.0137. The molecule has 0 aliphatic carbocycles. The van der Waals surface area contributed by atoms with Gasteiger partial charge in [0.2, 0.25) is 0 Å². The summed E-state index contributed by atoms with van der Waals surface area (Å²) in [6.07, 6.45) is 0. The van der Waals surface area contributed by atoms with Gasteiger partial charge in [-0.05, 0) is 53.8 Å². The van der Waals surface area contributed by atoms with Gasteiger partial charge in [0, 0.05) is 19.2 Å². The van der Waals surface area contributed by atoms with Crippen molar-refractivity contribution in [1.82, 2.24) is 4.90 Å². The number of hydrogen-bond acceptors (Lipinski definition) is 6. The lowest BCUT2D eigenvalue weighted by molar-refractivity contribution is -0.140. The Hall–Kier alpha value is -3.32. The lowest BCUT2D eigenvalue weighted by Crippen LogP contribution is -2.32. The number of ether oxygens (including phenoxy) is 2. The Morgan fingerprint density at radius 3 is 2.34 bits per heavy atom. The van der Waals surface area contributed by atoms with E-state index in [9.17, 15) is 19.8 Å². The number of aliphatic hydroxyl groups excluding tert-OH is 1. The zero-order valence-corrected chi connectivity index (χ0v) is 19.0. The molecule has 0 saturated carbocycles. The van der Waals surface area contributed by atoms with Gasteiger partial charge in [-0.3, -0.25) is 9.59 Å². The molecular weight excluding hydrogens is 410 g/mol. The highest BCUT2D eigenvalue weighted by Gasteiger charge is 2.46. The number of aromatic hydroxyl groups is 1. The van der Waals surface area contributed by atoms with Crippen LogP contribution in [0, 0.1) is 6.92 Å². The Kier molecular flexibility index (Phi) is 6.89. The summed E-state index contributed by atoms with van der Waals surface area (Å²) in [5.41, 5.74) is 2.70. The number of amides is 1. The van der Waals surface area contributed by atoms with Crippen LogP contribution in [0.25, 0.3) is 5.76 Å². The maximum absolute atomic E-state index is 13.1. The topological polar surface area (TPSA) is 96.3 Å². The van der Waals surface area contributed by atoms with Crippen molar-refractivity contribution < 1.29 is 29.3 Å². The number of Topliss-reactive ketones (excluding diaryl/α,β-unsaturated/α-hetero) is 1. The van der Waals surface area contributed by atoms with Crippen LogP contribution in [0.3, 0.4) is 0 Å². The Bertz CT molecular complexity index is 1050. The first-order chi connectivity index (χ1) is 15.2. The molecule has 2 aromatic carbocycles. The molecule has 1 atom stereocenters. The number of carbonyl (C=O) groups is 2. The number of likely N-dealkylation sites (tertiary alicyclic amines) is 1. The Balaban J connectivity index is 2.24. The smallest absolute Gasteiger partial charge is 0.295 e. The van der Waals surface area contributed by atoms with Gasteiger partial charge in [0.05, 0.1) is 25.3 Å². The van der Waals surface area contributed by atoms with Crippen LogP contribution >= 0.6 is 0 Å². The molecular formula is C25H29NO6. The van der Waals surface area contributed by atoms with Gasteiger partial charge in [0.1, 0.15) is 17.3 Å².